The average molecular weight is 340 g/mol. The highest BCUT2D eigenvalue weighted by Crippen LogP contribution is 2.28. The molecule has 0 saturated carbocycles. The Morgan fingerprint density at radius 1 is 1.42 bits per heavy atom. The molecule has 2 rings (SSSR count). The van der Waals surface area contributed by atoms with E-state index in [0.717, 1.165) is 17.0 Å². The highest BCUT2D eigenvalue weighted by Gasteiger charge is 2.40. The zero-order valence-corrected chi connectivity index (χ0v) is 13.3. The molecule has 1 aromatic carbocycles. The van der Waals surface area contributed by atoms with Crippen LogP contribution in [0.25, 0.3) is 0 Å². The molecule has 1 aliphatic heterocycles. The van der Waals surface area contributed by atoms with E-state index in [-0.39, 0.29) is 25.1 Å². The minimum absolute atomic E-state index is 0.0906. The summed E-state index contributed by atoms with van der Waals surface area (Å²) in [4.78, 5) is 36.7. The first-order valence-corrected chi connectivity index (χ1v) is 7.48. The summed E-state index contributed by atoms with van der Waals surface area (Å²) in [6.45, 7) is 2.91. The molecule has 0 spiro atoms. The van der Waals surface area contributed by atoms with Crippen LogP contribution in [0.1, 0.15) is 26.7 Å². The van der Waals surface area contributed by atoms with E-state index in [1.807, 2.05) is 0 Å². The number of nitrogens with zero attached hydrogens (tertiary/aromatic N) is 1. The molecule has 2 unspecified atom stereocenters. The molecule has 1 fully saturated rings. The number of carboxylic acid groups (broad SMARTS) is 1. The lowest BCUT2D eigenvalue weighted by Crippen LogP contribution is -2.53. The van der Waals surface area contributed by atoms with Gasteiger partial charge in [-0.15, -0.1) is 0 Å². The van der Waals surface area contributed by atoms with E-state index >= 15 is 0 Å². The first kappa shape index (κ1) is 17.8. The van der Waals surface area contributed by atoms with Crippen molar-refractivity contribution in [1.29, 1.82) is 0 Å². The fourth-order valence-electron chi connectivity index (χ4n) is 2.48. The van der Waals surface area contributed by atoms with E-state index in [9.17, 15) is 28.3 Å². The van der Waals surface area contributed by atoms with Crippen molar-refractivity contribution in [2.75, 3.05) is 11.4 Å². The largest absolute Gasteiger partial charge is 0.480 e. The van der Waals surface area contributed by atoms with Crippen molar-refractivity contribution in [2.24, 2.45) is 5.92 Å². The number of nitrogens with one attached hydrogen (secondary N) is 1. The molecule has 2 N–H and O–H groups in total. The zero-order valence-electron chi connectivity index (χ0n) is 13.3. The van der Waals surface area contributed by atoms with Gasteiger partial charge in [-0.25, -0.2) is 13.6 Å². The van der Waals surface area contributed by atoms with Crippen LogP contribution in [-0.4, -0.2) is 35.0 Å². The number of amides is 2. The van der Waals surface area contributed by atoms with Crippen molar-refractivity contribution < 1.29 is 28.3 Å². The third kappa shape index (κ3) is 3.37. The van der Waals surface area contributed by atoms with Crippen molar-refractivity contribution in [2.45, 2.75) is 32.2 Å². The summed E-state index contributed by atoms with van der Waals surface area (Å²) in [6.07, 6.45) is 0.00705. The second-order valence-corrected chi connectivity index (χ2v) is 5.98. The lowest BCUT2D eigenvalue weighted by atomic mass is 9.97. The number of halogens is 2. The molecular formula is C16H18F2N2O4. The van der Waals surface area contributed by atoms with Gasteiger partial charge in [0, 0.05) is 19.0 Å². The average Bonchev–Trinajstić information content (AvgIpc) is 2.89. The molecule has 0 aliphatic carbocycles. The molecule has 1 heterocycles. The number of carbonyl (C=O) groups excluding carboxylic acids is 2. The van der Waals surface area contributed by atoms with Gasteiger partial charge in [-0.2, -0.15) is 0 Å². The molecule has 1 aromatic rings. The van der Waals surface area contributed by atoms with Gasteiger partial charge in [-0.1, -0.05) is 6.92 Å². The van der Waals surface area contributed by atoms with Crippen LogP contribution in [-0.2, 0) is 14.4 Å². The predicted octanol–water partition coefficient (Wildman–Crippen LogP) is 1.69. The third-order valence-corrected chi connectivity index (χ3v) is 4.27. The first-order valence-electron chi connectivity index (χ1n) is 7.48. The summed E-state index contributed by atoms with van der Waals surface area (Å²) < 4.78 is 26.8. The van der Waals surface area contributed by atoms with Crippen molar-refractivity contribution >= 4 is 23.5 Å². The summed E-state index contributed by atoms with van der Waals surface area (Å²) in [7, 11) is 0. The van der Waals surface area contributed by atoms with Crippen molar-refractivity contribution in [3.8, 4) is 0 Å². The molecule has 0 radical (unpaired) electrons. The maximum absolute atomic E-state index is 13.8. The molecule has 0 aromatic heterocycles. The molecule has 130 valence electrons. The monoisotopic (exact) mass is 340 g/mol. The van der Waals surface area contributed by atoms with E-state index in [1.54, 1.807) is 6.92 Å². The van der Waals surface area contributed by atoms with Crippen LogP contribution in [0.15, 0.2) is 18.2 Å². The van der Waals surface area contributed by atoms with Crippen LogP contribution in [0.3, 0.4) is 0 Å². The van der Waals surface area contributed by atoms with E-state index in [0.29, 0.717) is 6.07 Å². The van der Waals surface area contributed by atoms with E-state index in [1.165, 1.54) is 6.92 Å². The molecule has 6 nitrogen and oxygen atoms in total. The quantitative estimate of drug-likeness (QED) is 0.854. The van der Waals surface area contributed by atoms with Crippen LogP contribution in [0, 0.1) is 17.6 Å². The van der Waals surface area contributed by atoms with Crippen LogP contribution in [0.2, 0.25) is 0 Å². The lowest BCUT2D eigenvalue weighted by molar-refractivity contribution is -0.147. The maximum Gasteiger partial charge on any atom is 0.329 e. The summed E-state index contributed by atoms with van der Waals surface area (Å²) in [5.41, 5.74) is -1.54. The summed E-state index contributed by atoms with van der Waals surface area (Å²) >= 11 is 0. The number of aliphatic carboxylic acids is 1. The molecule has 8 heteroatoms. The minimum Gasteiger partial charge on any atom is -0.480 e. The third-order valence-electron chi connectivity index (χ3n) is 4.27. The lowest BCUT2D eigenvalue weighted by Gasteiger charge is -2.26. The molecule has 1 saturated heterocycles. The number of anilines is 1. The Labute approximate surface area is 137 Å². The Kier molecular flexibility index (Phi) is 4.86. The number of benzene rings is 1. The second-order valence-electron chi connectivity index (χ2n) is 5.98. The maximum atomic E-state index is 13.8. The van der Waals surface area contributed by atoms with Crippen LogP contribution < -0.4 is 10.2 Å². The summed E-state index contributed by atoms with van der Waals surface area (Å²) in [5.74, 6) is -4.70. The number of hydrogen-bond acceptors (Lipinski definition) is 3. The normalized spacial score (nSPS) is 19.9. The summed E-state index contributed by atoms with van der Waals surface area (Å²) in [6, 6.07) is 2.82. The number of hydrogen-bond donors (Lipinski definition) is 2. The molecule has 0 bridgehead atoms. The SMILES string of the molecule is CCC(C)(NC(=O)C1CC(=O)N(c2ccc(F)cc2F)C1)C(=O)O. The Hall–Kier alpha value is -2.51. The Morgan fingerprint density at radius 3 is 2.62 bits per heavy atom. The minimum atomic E-state index is -1.44. The van der Waals surface area contributed by atoms with E-state index < -0.39 is 40.9 Å². The standard InChI is InChI=1S/C16H18F2N2O4/c1-3-16(2,15(23)24)19-14(22)9-6-13(21)20(8-9)12-5-4-10(17)7-11(12)18/h4-5,7,9H,3,6,8H2,1-2H3,(H,19,22)(H,23,24). The molecular weight excluding hydrogens is 322 g/mol. The highest BCUT2D eigenvalue weighted by atomic mass is 19.1. The Bertz CT molecular complexity index is 695. The van der Waals surface area contributed by atoms with Gasteiger partial charge in [0.15, 0.2) is 0 Å². The van der Waals surface area contributed by atoms with Gasteiger partial charge in [0.2, 0.25) is 11.8 Å². The number of rotatable bonds is 5. The Morgan fingerprint density at radius 2 is 2.08 bits per heavy atom. The van der Waals surface area contributed by atoms with Crippen molar-refractivity contribution in [3.05, 3.63) is 29.8 Å². The predicted molar refractivity (Wildman–Crippen MR) is 81.3 cm³/mol. The fourth-order valence-corrected chi connectivity index (χ4v) is 2.48. The molecule has 2 atom stereocenters. The van der Waals surface area contributed by atoms with Crippen LogP contribution in [0.4, 0.5) is 14.5 Å². The molecule has 1 aliphatic rings. The van der Waals surface area contributed by atoms with Gasteiger partial charge < -0.3 is 15.3 Å². The zero-order chi connectivity index (χ0) is 18.1. The van der Waals surface area contributed by atoms with Crippen LogP contribution in [0.5, 0.6) is 0 Å². The fraction of sp³-hybridized carbons (Fsp3) is 0.438. The van der Waals surface area contributed by atoms with Crippen molar-refractivity contribution in [3.63, 3.8) is 0 Å². The Balaban J connectivity index is 2.14. The smallest absolute Gasteiger partial charge is 0.329 e. The first-order chi connectivity index (χ1) is 11.2. The second kappa shape index (κ2) is 6.54. The van der Waals surface area contributed by atoms with Gasteiger partial charge in [0.1, 0.15) is 17.2 Å². The number of carbonyl (C=O) groups is 3. The van der Waals surface area contributed by atoms with Gasteiger partial charge in [-0.3, -0.25) is 9.59 Å². The highest BCUT2D eigenvalue weighted by molar-refractivity contribution is 6.01. The van der Waals surface area contributed by atoms with E-state index in [2.05, 4.69) is 5.32 Å². The number of carboxylic acids is 1. The van der Waals surface area contributed by atoms with Crippen LogP contribution >= 0.6 is 0 Å². The molecule has 2 amide bonds. The van der Waals surface area contributed by atoms with Gasteiger partial charge >= 0.3 is 5.97 Å². The van der Waals surface area contributed by atoms with Gasteiger partial charge in [0.25, 0.3) is 0 Å². The van der Waals surface area contributed by atoms with E-state index in [4.69, 9.17) is 0 Å². The van der Waals surface area contributed by atoms with Gasteiger partial charge in [-0.05, 0) is 25.5 Å². The summed E-state index contributed by atoms with van der Waals surface area (Å²) in [5, 5.41) is 11.6. The topological polar surface area (TPSA) is 86.7 Å². The van der Waals surface area contributed by atoms with Gasteiger partial charge in [0.05, 0.1) is 11.6 Å². The van der Waals surface area contributed by atoms with Crippen molar-refractivity contribution in [1.82, 2.24) is 5.32 Å². The molecule has 24 heavy (non-hydrogen) atoms.